The van der Waals surface area contributed by atoms with E-state index < -0.39 is 11.6 Å². The van der Waals surface area contributed by atoms with Crippen LogP contribution >= 0.6 is 0 Å². The summed E-state index contributed by atoms with van der Waals surface area (Å²) in [5, 5.41) is 0. The van der Waals surface area contributed by atoms with E-state index in [4.69, 9.17) is 4.74 Å². The number of hydrogen-bond donors (Lipinski definition) is 0. The molecule has 1 aromatic rings. The van der Waals surface area contributed by atoms with Gasteiger partial charge in [0.05, 0.1) is 6.61 Å². The molecule has 1 aromatic carbocycles. The number of hydrogen-bond acceptors (Lipinski definition) is 1. The molecule has 0 radical (unpaired) electrons. The SMILES string of the molecule is CC(C)(C)C1c2cc(F)c(F)cc2OCC12CC2. The van der Waals surface area contributed by atoms with Crippen LogP contribution in [0.25, 0.3) is 0 Å². The first-order chi connectivity index (χ1) is 8.33. The van der Waals surface area contributed by atoms with E-state index in [0.29, 0.717) is 12.4 Å². The number of benzene rings is 1. The summed E-state index contributed by atoms with van der Waals surface area (Å²) in [4.78, 5) is 0. The first-order valence-electron chi connectivity index (χ1n) is 6.45. The molecule has 0 N–H and O–H groups in total. The van der Waals surface area contributed by atoms with Gasteiger partial charge < -0.3 is 4.74 Å². The average molecular weight is 252 g/mol. The normalized spacial score (nSPS) is 24.6. The zero-order valence-corrected chi connectivity index (χ0v) is 11.0. The van der Waals surface area contributed by atoms with Crippen molar-refractivity contribution in [2.75, 3.05) is 6.61 Å². The summed E-state index contributed by atoms with van der Waals surface area (Å²) < 4.78 is 32.4. The van der Waals surface area contributed by atoms with Crippen LogP contribution in [0, 0.1) is 22.5 Å². The minimum Gasteiger partial charge on any atom is -0.493 e. The second kappa shape index (κ2) is 3.46. The van der Waals surface area contributed by atoms with Gasteiger partial charge in [-0.3, -0.25) is 0 Å². The molecule has 1 heterocycles. The van der Waals surface area contributed by atoms with Crippen LogP contribution in [0.3, 0.4) is 0 Å². The van der Waals surface area contributed by atoms with Gasteiger partial charge in [-0.15, -0.1) is 0 Å². The van der Waals surface area contributed by atoms with Gasteiger partial charge >= 0.3 is 0 Å². The maximum absolute atomic E-state index is 13.5. The van der Waals surface area contributed by atoms with E-state index in [-0.39, 0.29) is 16.7 Å². The Hall–Kier alpha value is -1.12. The van der Waals surface area contributed by atoms with Crippen LogP contribution in [0.4, 0.5) is 8.78 Å². The molecule has 1 nitrogen and oxygen atoms in total. The Balaban J connectivity index is 2.15. The van der Waals surface area contributed by atoms with Gasteiger partial charge in [0.2, 0.25) is 0 Å². The second-order valence-corrected chi connectivity index (χ2v) is 6.75. The van der Waals surface area contributed by atoms with Crippen LogP contribution < -0.4 is 4.74 Å². The number of ether oxygens (including phenoxy) is 1. The van der Waals surface area contributed by atoms with E-state index in [1.165, 1.54) is 12.1 Å². The summed E-state index contributed by atoms with van der Waals surface area (Å²) in [5.74, 6) is -0.840. The third-order valence-electron chi connectivity index (χ3n) is 4.25. The zero-order valence-electron chi connectivity index (χ0n) is 11.0. The minimum atomic E-state index is -0.826. The summed E-state index contributed by atoms with van der Waals surface area (Å²) in [6.45, 7) is 7.11. The van der Waals surface area contributed by atoms with Gasteiger partial charge in [-0.05, 0) is 24.3 Å². The first-order valence-corrected chi connectivity index (χ1v) is 6.45. The molecule has 1 spiro atoms. The zero-order chi connectivity index (χ0) is 13.1. The smallest absolute Gasteiger partial charge is 0.162 e. The highest BCUT2D eigenvalue weighted by Crippen LogP contribution is 2.65. The standard InChI is InChI=1S/C15H18F2O/c1-14(2,3)13-9-6-10(16)11(17)7-12(9)18-8-15(13)4-5-15/h6-7,13H,4-5,8H2,1-3H3. The van der Waals surface area contributed by atoms with E-state index in [2.05, 4.69) is 20.8 Å². The molecule has 1 unspecified atom stereocenters. The van der Waals surface area contributed by atoms with Gasteiger partial charge in [-0.25, -0.2) is 8.78 Å². The highest BCUT2D eigenvalue weighted by Gasteiger charge is 2.57. The third-order valence-corrected chi connectivity index (χ3v) is 4.25. The monoisotopic (exact) mass is 252 g/mol. The Bertz CT molecular complexity index is 498. The molecule has 1 aliphatic carbocycles. The van der Waals surface area contributed by atoms with Gasteiger partial charge in [0, 0.05) is 23.0 Å². The Morgan fingerprint density at radius 1 is 1.17 bits per heavy atom. The molecule has 2 aliphatic rings. The fraction of sp³-hybridized carbons (Fsp3) is 0.600. The van der Waals surface area contributed by atoms with Crippen molar-refractivity contribution in [2.24, 2.45) is 10.8 Å². The van der Waals surface area contributed by atoms with Gasteiger partial charge in [0.15, 0.2) is 11.6 Å². The molecule has 0 aromatic heterocycles. The van der Waals surface area contributed by atoms with Gasteiger partial charge in [-0.1, -0.05) is 20.8 Å². The van der Waals surface area contributed by atoms with Crippen LogP contribution in [0.5, 0.6) is 5.75 Å². The quantitative estimate of drug-likeness (QED) is 0.670. The lowest BCUT2D eigenvalue weighted by Crippen LogP contribution is -2.35. The van der Waals surface area contributed by atoms with Crippen molar-refractivity contribution < 1.29 is 13.5 Å². The molecule has 3 heteroatoms. The Kier molecular flexibility index (Phi) is 2.30. The lowest BCUT2D eigenvalue weighted by molar-refractivity contribution is 0.113. The van der Waals surface area contributed by atoms with Crippen LogP contribution in [-0.4, -0.2) is 6.61 Å². The maximum Gasteiger partial charge on any atom is 0.162 e. The molecule has 1 atom stereocenters. The molecule has 18 heavy (non-hydrogen) atoms. The molecule has 1 saturated carbocycles. The molecule has 0 bridgehead atoms. The van der Waals surface area contributed by atoms with Crippen molar-refractivity contribution in [3.05, 3.63) is 29.3 Å². The van der Waals surface area contributed by atoms with Gasteiger partial charge in [0.1, 0.15) is 5.75 Å². The molecule has 1 fully saturated rings. The van der Waals surface area contributed by atoms with Crippen molar-refractivity contribution in [1.82, 2.24) is 0 Å². The fourth-order valence-corrected chi connectivity index (χ4v) is 3.51. The number of rotatable bonds is 0. The van der Waals surface area contributed by atoms with Crippen molar-refractivity contribution in [3.63, 3.8) is 0 Å². The van der Waals surface area contributed by atoms with E-state index in [1.807, 2.05) is 0 Å². The minimum absolute atomic E-state index is 0.0271. The van der Waals surface area contributed by atoms with Crippen molar-refractivity contribution >= 4 is 0 Å². The average Bonchev–Trinajstić information content (AvgIpc) is 2.99. The summed E-state index contributed by atoms with van der Waals surface area (Å²) >= 11 is 0. The number of fused-ring (bicyclic) bond motifs is 1. The maximum atomic E-state index is 13.5. The lowest BCUT2D eigenvalue weighted by Gasteiger charge is -2.42. The second-order valence-electron chi connectivity index (χ2n) is 6.75. The van der Waals surface area contributed by atoms with Crippen molar-refractivity contribution in [2.45, 2.75) is 39.5 Å². The Labute approximate surface area is 106 Å². The summed E-state index contributed by atoms with van der Waals surface area (Å²) in [6.07, 6.45) is 2.24. The molecule has 1 aliphatic heterocycles. The topological polar surface area (TPSA) is 9.23 Å². The van der Waals surface area contributed by atoms with Crippen LogP contribution in [-0.2, 0) is 0 Å². The van der Waals surface area contributed by atoms with E-state index in [1.54, 1.807) is 0 Å². The van der Waals surface area contributed by atoms with Gasteiger partial charge in [0.25, 0.3) is 0 Å². The van der Waals surface area contributed by atoms with E-state index >= 15 is 0 Å². The first kappa shape index (κ1) is 11.9. The van der Waals surface area contributed by atoms with Crippen molar-refractivity contribution in [3.8, 4) is 5.75 Å². The predicted octanol–water partition coefficient (Wildman–Crippen LogP) is 4.27. The van der Waals surface area contributed by atoms with E-state index in [9.17, 15) is 8.78 Å². The predicted molar refractivity (Wildman–Crippen MR) is 65.7 cm³/mol. The Morgan fingerprint density at radius 3 is 2.33 bits per heavy atom. The summed E-state index contributed by atoms with van der Waals surface area (Å²) in [7, 11) is 0. The third kappa shape index (κ3) is 1.63. The van der Waals surface area contributed by atoms with Gasteiger partial charge in [-0.2, -0.15) is 0 Å². The molecule has 0 amide bonds. The van der Waals surface area contributed by atoms with Crippen LogP contribution in [0.1, 0.15) is 45.1 Å². The molecule has 3 rings (SSSR count). The molecular formula is C15H18F2O. The van der Waals surface area contributed by atoms with Crippen molar-refractivity contribution in [1.29, 1.82) is 0 Å². The fourth-order valence-electron chi connectivity index (χ4n) is 3.51. The summed E-state index contributed by atoms with van der Waals surface area (Å²) in [6, 6.07) is 2.53. The van der Waals surface area contributed by atoms with Crippen LogP contribution in [0.2, 0.25) is 0 Å². The summed E-state index contributed by atoms with van der Waals surface area (Å²) in [5.41, 5.74) is 1.01. The van der Waals surface area contributed by atoms with Crippen LogP contribution in [0.15, 0.2) is 12.1 Å². The molecule has 98 valence electrons. The largest absolute Gasteiger partial charge is 0.493 e. The molecular weight excluding hydrogens is 234 g/mol. The van der Waals surface area contributed by atoms with E-state index in [0.717, 1.165) is 18.4 Å². The Morgan fingerprint density at radius 2 is 1.78 bits per heavy atom. The number of halogens is 2. The lowest BCUT2D eigenvalue weighted by atomic mass is 9.66. The highest BCUT2D eigenvalue weighted by molar-refractivity contribution is 5.43. The molecule has 0 saturated heterocycles. The highest BCUT2D eigenvalue weighted by atomic mass is 19.2.